The van der Waals surface area contributed by atoms with Gasteiger partial charge in [0.2, 0.25) is 0 Å². The maximum atomic E-state index is 13.1. The van der Waals surface area contributed by atoms with Gasteiger partial charge in [-0.1, -0.05) is 6.92 Å². The maximum absolute atomic E-state index is 13.1. The zero-order valence-electron chi connectivity index (χ0n) is 16.4. The predicted molar refractivity (Wildman–Crippen MR) is 108 cm³/mol. The van der Waals surface area contributed by atoms with Gasteiger partial charge in [-0.25, -0.2) is 4.98 Å². The molecule has 0 unspecified atom stereocenters. The van der Waals surface area contributed by atoms with Crippen LogP contribution in [0.1, 0.15) is 38.4 Å². The van der Waals surface area contributed by atoms with Crippen LogP contribution in [0.15, 0.2) is 24.7 Å². The number of hydrogen-bond donors (Lipinski definition) is 3. The van der Waals surface area contributed by atoms with Crippen LogP contribution in [0.2, 0.25) is 0 Å². The molecule has 0 aromatic carbocycles. The van der Waals surface area contributed by atoms with Crippen LogP contribution in [0.5, 0.6) is 0 Å². The van der Waals surface area contributed by atoms with Crippen molar-refractivity contribution in [3.05, 3.63) is 30.4 Å². The highest BCUT2D eigenvalue weighted by Crippen LogP contribution is 2.33. The first-order valence-corrected chi connectivity index (χ1v) is 9.70. The number of nitrogens with zero attached hydrogens (tertiary/aromatic N) is 5. The van der Waals surface area contributed by atoms with Gasteiger partial charge in [0.25, 0.3) is 0 Å². The number of carbonyl (C=O) groups excluding carboxylic acids is 2. The molecule has 4 heterocycles. The summed E-state index contributed by atoms with van der Waals surface area (Å²) in [4.78, 5) is 31.6. The minimum absolute atomic E-state index is 0.177. The number of nitrogens with two attached hydrogens (primary N) is 1. The second kappa shape index (κ2) is 7.53. The fraction of sp³-hybridized carbons (Fsp3) is 0.421. The number of aromatic nitrogens is 5. The van der Waals surface area contributed by atoms with Crippen LogP contribution in [0.25, 0.3) is 10.9 Å². The summed E-state index contributed by atoms with van der Waals surface area (Å²) in [5.41, 5.74) is 7.67. The van der Waals surface area contributed by atoms with Crippen LogP contribution >= 0.6 is 0 Å². The van der Waals surface area contributed by atoms with Crippen LogP contribution in [0.3, 0.4) is 0 Å². The highest BCUT2D eigenvalue weighted by molar-refractivity contribution is 6.40. The molecule has 1 saturated heterocycles. The van der Waals surface area contributed by atoms with E-state index >= 15 is 0 Å². The van der Waals surface area contributed by atoms with E-state index in [1.807, 2.05) is 17.7 Å². The van der Waals surface area contributed by atoms with Gasteiger partial charge in [0.15, 0.2) is 0 Å². The fourth-order valence-electron chi connectivity index (χ4n) is 3.93. The Hall–Kier alpha value is -3.43. The minimum atomic E-state index is -0.714. The van der Waals surface area contributed by atoms with Crippen molar-refractivity contribution < 1.29 is 9.59 Å². The Morgan fingerprint density at radius 2 is 2.17 bits per heavy atom. The van der Waals surface area contributed by atoms with Crippen LogP contribution < -0.4 is 11.1 Å². The Kier molecular flexibility index (Phi) is 4.91. The van der Waals surface area contributed by atoms with E-state index in [1.54, 1.807) is 11.1 Å². The summed E-state index contributed by atoms with van der Waals surface area (Å²) in [6.07, 6.45) is 6.46. The number of rotatable bonds is 3. The quantitative estimate of drug-likeness (QED) is 0.577. The molecule has 152 valence electrons. The molecule has 0 saturated carbocycles. The third kappa shape index (κ3) is 3.41. The third-order valence-electron chi connectivity index (χ3n) is 5.43. The lowest BCUT2D eigenvalue weighted by Crippen LogP contribution is -2.47. The minimum Gasteiger partial charge on any atom is -0.383 e. The molecule has 2 atom stereocenters. The van der Waals surface area contributed by atoms with Gasteiger partial charge >= 0.3 is 11.8 Å². The summed E-state index contributed by atoms with van der Waals surface area (Å²) in [6.45, 7) is 5.32. The number of fused-ring (bicyclic) bond motifs is 1. The van der Waals surface area contributed by atoms with Crippen molar-refractivity contribution in [2.45, 2.75) is 39.3 Å². The van der Waals surface area contributed by atoms with E-state index in [4.69, 9.17) is 5.73 Å². The number of H-pyrrole nitrogens is 1. The zero-order chi connectivity index (χ0) is 20.5. The topological polar surface area (TPSA) is 135 Å². The molecular weight excluding hydrogens is 372 g/mol. The van der Waals surface area contributed by atoms with Gasteiger partial charge in [0.1, 0.15) is 5.82 Å². The summed E-state index contributed by atoms with van der Waals surface area (Å²) < 4.78 is 1.87. The van der Waals surface area contributed by atoms with Crippen molar-refractivity contribution in [2.24, 2.45) is 5.92 Å². The average molecular weight is 396 g/mol. The molecule has 1 aliphatic rings. The average Bonchev–Trinajstić information content (AvgIpc) is 3.39. The normalized spacial score (nSPS) is 19.4. The maximum Gasteiger partial charge on any atom is 0.314 e. The van der Waals surface area contributed by atoms with Gasteiger partial charge in [-0.3, -0.25) is 19.4 Å². The molecule has 1 fully saturated rings. The van der Waals surface area contributed by atoms with Crippen LogP contribution in [0.4, 0.5) is 11.5 Å². The first-order valence-electron chi connectivity index (χ1n) is 9.70. The third-order valence-corrected chi connectivity index (χ3v) is 5.43. The number of carbonyl (C=O) groups is 2. The van der Waals surface area contributed by atoms with Gasteiger partial charge in [0.05, 0.1) is 40.7 Å². The van der Waals surface area contributed by atoms with Crippen LogP contribution in [-0.4, -0.2) is 48.2 Å². The summed E-state index contributed by atoms with van der Waals surface area (Å²) in [6, 6.07) is 1.74. The lowest BCUT2D eigenvalue weighted by Gasteiger charge is -2.38. The summed E-state index contributed by atoms with van der Waals surface area (Å²) in [5, 5.41) is 14.3. The number of piperidine rings is 1. The van der Waals surface area contributed by atoms with Crippen molar-refractivity contribution in [3.8, 4) is 0 Å². The van der Waals surface area contributed by atoms with Crippen molar-refractivity contribution in [1.82, 2.24) is 29.9 Å². The number of pyridine rings is 1. The lowest BCUT2D eigenvalue weighted by molar-refractivity contribution is -0.146. The lowest BCUT2D eigenvalue weighted by atomic mass is 9.92. The van der Waals surface area contributed by atoms with E-state index < -0.39 is 11.8 Å². The van der Waals surface area contributed by atoms with Gasteiger partial charge in [0, 0.05) is 19.3 Å². The first kappa shape index (κ1) is 18.9. The van der Waals surface area contributed by atoms with E-state index in [0.29, 0.717) is 41.4 Å². The number of anilines is 2. The molecule has 29 heavy (non-hydrogen) atoms. The van der Waals surface area contributed by atoms with E-state index in [2.05, 4.69) is 32.5 Å². The molecule has 4 rings (SSSR count). The predicted octanol–water partition coefficient (Wildman–Crippen LogP) is 1.69. The van der Waals surface area contributed by atoms with Crippen molar-refractivity contribution in [2.75, 3.05) is 17.6 Å². The Bertz CT molecular complexity index is 1060. The Morgan fingerprint density at radius 3 is 2.97 bits per heavy atom. The number of aromatic amines is 1. The van der Waals surface area contributed by atoms with Gasteiger partial charge in [-0.05, 0) is 31.7 Å². The smallest absolute Gasteiger partial charge is 0.314 e. The van der Waals surface area contributed by atoms with Gasteiger partial charge < -0.3 is 16.0 Å². The van der Waals surface area contributed by atoms with Crippen molar-refractivity contribution in [1.29, 1.82) is 0 Å². The standard InChI is InChI=1S/C19H24N8O2/c1-3-27-15(6-7-23-27)14-5-4-11(2)10-26(14)19(29)18(28)24-13-9-21-17(20)12-8-22-25-16(12)13/h6-9,11,14H,3-5,10H2,1-2H3,(H2,20,21)(H,22,25)(H,24,28)/t11-,14-/m1/s1. The summed E-state index contributed by atoms with van der Waals surface area (Å²) in [7, 11) is 0. The molecule has 3 aromatic rings. The Morgan fingerprint density at radius 1 is 1.34 bits per heavy atom. The van der Waals surface area contributed by atoms with E-state index in [1.165, 1.54) is 12.4 Å². The van der Waals surface area contributed by atoms with Crippen LogP contribution in [-0.2, 0) is 16.1 Å². The fourth-order valence-corrected chi connectivity index (χ4v) is 3.93. The molecule has 10 nitrogen and oxygen atoms in total. The van der Waals surface area contributed by atoms with E-state index in [9.17, 15) is 9.59 Å². The largest absolute Gasteiger partial charge is 0.383 e. The van der Waals surface area contributed by atoms with Crippen molar-refractivity contribution >= 4 is 34.2 Å². The molecule has 0 aliphatic carbocycles. The van der Waals surface area contributed by atoms with Gasteiger partial charge in [-0.15, -0.1) is 0 Å². The zero-order valence-corrected chi connectivity index (χ0v) is 16.4. The summed E-state index contributed by atoms with van der Waals surface area (Å²) in [5.74, 6) is -0.668. The Labute approximate surface area is 167 Å². The number of nitrogen functional groups attached to an aromatic ring is 1. The monoisotopic (exact) mass is 396 g/mol. The number of aryl methyl sites for hydroxylation is 1. The molecule has 0 bridgehead atoms. The highest BCUT2D eigenvalue weighted by Gasteiger charge is 2.35. The number of amides is 2. The van der Waals surface area contributed by atoms with Gasteiger partial charge in [-0.2, -0.15) is 10.2 Å². The second-order valence-electron chi connectivity index (χ2n) is 7.40. The number of likely N-dealkylation sites (tertiary alicyclic amines) is 1. The SMILES string of the molecule is CCn1nccc1[C@H]1CC[C@@H](C)CN1C(=O)C(=O)Nc1cnc(N)c2cn[nH]c12. The van der Waals surface area contributed by atoms with Crippen molar-refractivity contribution in [3.63, 3.8) is 0 Å². The molecule has 4 N–H and O–H groups in total. The molecule has 10 heteroatoms. The molecule has 1 aliphatic heterocycles. The van der Waals surface area contributed by atoms with E-state index in [-0.39, 0.29) is 6.04 Å². The number of hydrogen-bond acceptors (Lipinski definition) is 6. The number of nitrogens with one attached hydrogen (secondary N) is 2. The molecular formula is C19H24N8O2. The first-order chi connectivity index (χ1) is 14.0. The molecule has 3 aromatic heterocycles. The summed E-state index contributed by atoms with van der Waals surface area (Å²) >= 11 is 0. The molecule has 0 spiro atoms. The molecule has 0 radical (unpaired) electrons. The van der Waals surface area contributed by atoms with Crippen LogP contribution in [0, 0.1) is 5.92 Å². The Balaban J connectivity index is 1.59. The highest BCUT2D eigenvalue weighted by atomic mass is 16.2. The van der Waals surface area contributed by atoms with E-state index in [0.717, 1.165) is 18.5 Å². The second-order valence-corrected chi connectivity index (χ2v) is 7.40. The molecule has 2 amide bonds.